The molecular weight excluding hydrogens is 256 g/mol. The van der Waals surface area contributed by atoms with E-state index in [9.17, 15) is 0 Å². The maximum absolute atomic E-state index is 3.60. The molecule has 1 aromatic heterocycles. The first kappa shape index (κ1) is 14.6. The van der Waals surface area contributed by atoms with Crippen LogP contribution in [0.5, 0.6) is 0 Å². The van der Waals surface area contributed by atoms with Gasteiger partial charge in [0, 0.05) is 35.7 Å². The van der Waals surface area contributed by atoms with Gasteiger partial charge in [-0.15, -0.1) is 0 Å². The molecule has 1 fully saturated rings. The van der Waals surface area contributed by atoms with E-state index in [1.165, 1.54) is 48.7 Å². The average Bonchev–Trinajstić information content (AvgIpc) is 3.06. The van der Waals surface area contributed by atoms with Crippen LogP contribution in [0.1, 0.15) is 52.0 Å². The molecule has 1 aliphatic rings. The van der Waals surface area contributed by atoms with Crippen molar-refractivity contribution in [3.05, 3.63) is 36.0 Å². The zero-order valence-electron chi connectivity index (χ0n) is 13.7. The van der Waals surface area contributed by atoms with Gasteiger partial charge in [-0.2, -0.15) is 0 Å². The second-order valence-corrected chi connectivity index (χ2v) is 7.57. The molecule has 1 aromatic carbocycles. The predicted molar refractivity (Wildman–Crippen MR) is 90.5 cm³/mol. The number of rotatable bonds is 4. The highest BCUT2D eigenvalue weighted by Crippen LogP contribution is 2.28. The van der Waals surface area contributed by atoms with Crippen molar-refractivity contribution in [1.29, 1.82) is 0 Å². The van der Waals surface area contributed by atoms with Gasteiger partial charge in [-0.1, -0.05) is 25.0 Å². The van der Waals surface area contributed by atoms with Crippen molar-refractivity contribution in [1.82, 2.24) is 9.88 Å². The SMILES string of the molecule is CC(C)(C)NCc1cccc2c1ccn2CC1CCCC1. The zero-order valence-corrected chi connectivity index (χ0v) is 13.7. The topological polar surface area (TPSA) is 17.0 Å². The summed E-state index contributed by atoms with van der Waals surface area (Å²) < 4.78 is 2.46. The third-order valence-corrected chi connectivity index (χ3v) is 4.64. The van der Waals surface area contributed by atoms with Crippen LogP contribution in [0.15, 0.2) is 30.5 Å². The number of nitrogens with zero attached hydrogens (tertiary/aromatic N) is 1. The lowest BCUT2D eigenvalue weighted by Gasteiger charge is -2.21. The summed E-state index contributed by atoms with van der Waals surface area (Å²) in [6, 6.07) is 9.02. The fraction of sp³-hybridized carbons (Fsp3) is 0.579. The monoisotopic (exact) mass is 284 g/mol. The predicted octanol–water partition coefficient (Wildman–Crippen LogP) is 4.72. The molecule has 0 saturated heterocycles. The molecule has 0 bridgehead atoms. The van der Waals surface area contributed by atoms with Crippen molar-refractivity contribution in [2.24, 2.45) is 5.92 Å². The normalized spacial score (nSPS) is 16.9. The second kappa shape index (κ2) is 5.84. The first-order valence-electron chi connectivity index (χ1n) is 8.35. The third kappa shape index (κ3) is 3.49. The maximum atomic E-state index is 3.60. The van der Waals surface area contributed by atoms with Gasteiger partial charge in [0.15, 0.2) is 0 Å². The van der Waals surface area contributed by atoms with Crippen molar-refractivity contribution < 1.29 is 0 Å². The summed E-state index contributed by atoms with van der Waals surface area (Å²) in [5, 5.41) is 5.01. The number of benzene rings is 1. The molecule has 1 saturated carbocycles. The highest BCUT2D eigenvalue weighted by atomic mass is 15.0. The van der Waals surface area contributed by atoms with E-state index in [4.69, 9.17) is 0 Å². The van der Waals surface area contributed by atoms with Crippen LogP contribution in [-0.4, -0.2) is 10.1 Å². The Morgan fingerprint density at radius 2 is 1.90 bits per heavy atom. The van der Waals surface area contributed by atoms with Gasteiger partial charge in [0.05, 0.1) is 0 Å². The maximum Gasteiger partial charge on any atom is 0.0483 e. The lowest BCUT2D eigenvalue weighted by molar-refractivity contribution is 0.425. The summed E-state index contributed by atoms with van der Waals surface area (Å²) in [7, 11) is 0. The molecule has 0 amide bonds. The highest BCUT2D eigenvalue weighted by molar-refractivity contribution is 5.83. The van der Waals surface area contributed by atoms with E-state index in [0.717, 1.165) is 12.5 Å². The molecule has 0 radical (unpaired) electrons. The Bertz CT molecular complexity index is 598. The second-order valence-electron chi connectivity index (χ2n) is 7.57. The fourth-order valence-corrected chi connectivity index (χ4v) is 3.43. The summed E-state index contributed by atoms with van der Waals surface area (Å²) in [6.45, 7) is 8.79. The molecule has 0 spiro atoms. The summed E-state index contributed by atoms with van der Waals surface area (Å²) in [5.41, 5.74) is 2.97. The standard InChI is InChI=1S/C19H28N2/c1-19(2,3)20-13-16-9-6-10-18-17(16)11-12-21(18)14-15-7-4-5-8-15/h6,9-12,15,20H,4-5,7-8,13-14H2,1-3H3. The molecule has 2 aromatic rings. The van der Waals surface area contributed by atoms with Gasteiger partial charge in [0.25, 0.3) is 0 Å². The van der Waals surface area contributed by atoms with E-state index in [2.05, 4.69) is 61.1 Å². The van der Waals surface area contributed by atoms with Crippen molar-refractivity contribution in [3.63, 3.8) is 0 Å². The minimum atomic E-state index is 0.161. The summed E-state index contributed by atoms with van der Waals surface area (Å²) >= 11 is 0. The molecule has 2 heteroatoms. The molecule has 1 aliphatic carbocycles. The van der Waals surface area contributed by atoms with E-state index in [1.807, 2.05) is 0 Å². The molecule has 3 rings (SSSR count). The molecule has 0 atom stereocenters. The number of aromatic nitrogens is 1. The molecule has 2 nitrogen and oxygen atoms in total. The Hall–Kier alpha value is -1.28. The number of hydrogen-bond donors (Lipinski definition) is 1. The molecule has 1 heterocycles. The van der Waals surface area contributed by atoms with Crippen LogP contribution in [0.25, 0.3) is 10.9 Å². The summed E-state index contributed by atoms with van der Waals surface area (Å²) in [5.74, 6) is 0.886. The molecule has 21 heavy (non-hydrogen) atoms. The van der Waals surface area contributed by atoms with Gasteiger partial charge in [-0.05, 0) is 57.2 Å². The average molecular weight is 284 g/mol. The van der Waals surface area contributed by atoms with Crippen LogP contribution in [0.3, 0.4) is 0 Å². The Kier molecular flexibility index (Phi) is 4.08. The largest absolute Gasteiger partial charge is 0.347 e. The molecule has 114 valence electrons. The van der Waals surface area contributed by atoms with E-state index >= 15 is 0 Å². The number of fused-ring (bicyclic) bond motifs is 1. The Morgan fingerprint density at radius 1 is 1.14 bits per heavy atom. The number of nitrogens with one attached hydrogen (secondary N) is 1. The first-order chi connectivity index (χ1) is 10.0. The lowest BCUT2D eigenvalue weighted by Crippen LogP contribution is -2.35. The van der Waals surface area contributed by atoms with Gasteiger partial charge in [0.2, 0.25) is 0 Å². The zero-order chi connectivity index (χ0) is 14.9. The number of hydrogen-bond acceptors (Lipinski definition) is 1. The van der Waals surface area contributed by atoms with Crippen molar-refractivity contribution in [2.45, 2.75) is 65.1 Å². The van der Waals surface area contributed by atoms with E-state index in [1.54, 1.807) is 0 Å². The minimum absolute atomic E-state index is 0.161. The van der Waals surface area contributed by atoms with Gasteiger partial charge >= 0.3 is 0 Å². The fourth-order valence-electron chi connectivity index (χ4n) is 3.43. The van der Waals surface area contributed by atoms with Crippen molar-refractivity contribution >= 4 is 10.9 Å². The van der Waals surface area contributed by atoms with Crippen LogP contribution >= 0.6 is 0 Å². The Labute approximate surface area is 128 Å². The van der Waals surface area contributed by atoms with Crippen LogP contribution in [-0.2, 0) is 13.1 Å². The van der Waals surface area contributed by atoms with Gasteiger partial charge in [-0.25, -0.2) is 0 Å². The Morgan fingerprint density at radius 3 is 2.62 bits per heavy atom. The Balaban J connectivity index is 1.81. The van der Waals surface area contributed by atoms with Crippen LogP contribution in [0.4, 0.5) is 0 Å². The summed E-state index contributed by atoms with van der Waals surface area (Å²) in [4.78, 5) is 0. The minimum Gasteiger partial charge on any atom is -0.347 e. The smallest absolute Gasteiger partial charge is 0.0483 e. The van der Waals surface area contributed by atoms with E-state index in [0.29, 0.717) is 0 Å². The van der Waals surface area contributed by atoms with Crippen molar-refractivity contribution in [2.75, 3.05) is 0 Å². The van der Waals surface area contributed by atoms with Crippen molar-refractivity contribution in [3.8, 4) is 0 Å². The third-order valence-electron chi connectivity index (χ3n) is 4.64. The van der Waals surface area contributed by atoms with Crippen LogP contribution < -0.4 is 5.32 Å². The lowest BCUT2D eigenvalue weighted by atomic mass is 10.1. The molecule has 0 aliphatic heterocycles. The highest BCUT2D eigenvalue weighted by Gasteiger charge is 2.17. The van der Waals surface area contributed by atoms with Gasteiger partial charge in [0.1, 0.15) is 0 Å². The van der Waals surface area contributed by atoms with Crippen LogP contribution in [0.2, 0.25) is 0 Å². The molecular formula is C19H28N2. The van der Waals surface area contributed by atoms with Gasteiger partial charge < -0.3 is 9.88 Å². The molecule has 1 N–H and O–H groups in total. The van der Waals surface area contributed by atoms with Gasteiger partial charge in [-0.3, -0.25) is 0 Å². The van der Waals surface area contributed by atoms with E-state index < -0.39 is 0 Å². The van der Waals surface area contributed by atoms with Crippen LogP contribution in [0, 0.1) is 5.92 Å². The first-order valence-corrected chi connectivity index (χ1v) is 8.35. The summed E-state index contributed by atoms with van der Waals surface area (Å²) in [6.07, 6.45) is 7.94. The molecule has 0 unspecified atom stereocenters. The quantitative estimate of drug-likeness (QED) is 0.859. The van der Waals surface area contributed by atoms with E-state index in [-0.39, 0.29) is 5.54 Å².